The molecule has 1 unspecified atom stereocenters. The van der Waals surface area contributed by atoms with E-state index in [0.717, 1.165) is 31.4 Å². The van der Waals surface area contributed by atoms with Crippen LogP contribution in [0.5, 0.6) is 0 Å². The molecule has 154 valence electrons. The number of likely N-dealkylation sites (tertiary alicyclic amines) is 1. The van der Waals surface area contributed by atoms with E-state index in [-0.39, 0.29) is 17.7 Å². The highest BCUT2D eigenvalue weighted by molar-refractivity contribution is 7.18. The summed E-state index contributed by atoms with van der Waals surface area (Å²) >= 11 is 1.78. The van der Waals surface area contributed by atoms with E-state index in [1.807, 2.05) is 12.1 Å². The lowest BCUT2D eigenvalue weighted by Crippen LogP contribution is -2.41. The highest BCUT2D eigenvalue weighted by Gasteiger charge is 2.24. The largest absolute Gasteiger partial charge is 0.483 e. The maximum absolute atomic E-state index is 12.0. The SMILES string of the molecule is Cc1cc(=O)n(CCN2CCCC(c3nc4ccccc4s3)C2)c(=O)[nH]1.O=CO. The van der Waals surface area contributed by atoms with Gasteiger partial charge in [-0.25, -0.2) is 9.78 Å². The Hall–Kier alpha value is -2.78. The quantitative estimate of drug-likeness (QED) is 0.630. The van der Waals surface area contributed by atoms with Gasteiger partial charge in [0.2, 0.25) is 0 Å². The third-order valence-electron chi connectivity index (χ3n) is 4.96. The van der Waals surface area contributed by atoms with Gasteiger partial charge in [0.05, 0.1) is 15.2 Å². The number of hydrogen-bond acceptors (Lipinski definition) is 6. The van der Waals surface area contributed by atoms with Crippen LogP contribution < -0.4 is 11.2 Å². The minimum Gasteiger partial charge on any atom is -0.483 e. The molecule has 0 aliphatic carbocycles. The Kier molecular flexibility index (Phi) is 6.95. The van der Waals surface area contributed by atoms with Gasteiger partial charge in [-0.15, -0.1) is 11.3 Å². The number of carboxylic acid groups (broad SMARTS) is 1. The second-order valence-corrected chi connectivity index (χ2v) is 8.07. The lowest BCUT2D eigenvalue weighted by atomic mass is 9.99. The van der Waals surface area contributed by atoms with E-state index in [4.69, 9.17) is 14.9 Å². The van der Waals surface area contributed by atoms with E-state index in [2.05, 4.69) is 22.0 Å². The fourth-order valence-corrected chi connectivity index (χ4v) is 4.71. The average molecular weight is 417 g/mol. The molecule has 1 aliphatic heterocycles. The number of carbonyl (C=O) groups is 1. The van der Waals surface area contributed by atoms with E-state index in [1.54, 1.807) is 18.3 Å². The molecule has 0 amide bonds. The predicted molar refractivity (Wildman–Crippen MR) is 113 cm³/mol. The summed E-state index contributed by atoms with van der Waals surface area (Å²) in [5.41, 5.74) is 1.12. The fraction of sp³-hybridized carbons (Fsp3) is 0.400. The van der Waals surface area contributed by atoms with E-state index in [9.17, 15) is 9.59 Å². The highest BCUT2D eigenvalue weighted by Crippen LogP contribution is 2.32. The van der Waals surface area contributed by atoms with Crippen molar-refractivity contribution >= 4 is 28.0 Å². The Labute approximate surface area is 171 Å². The molecule has 4 rings (SSSR count). The summed E-state index contributed by atoms with van der Waals surface area (Å²) in [6.45, 7) is 4.52. The summed E-state index contributed by atoms with van der Waals surface area (Å²) in [5, 5.41) is 8.08. The van der Waals surface area contributed by atoms with Gasteiger partial charge in [0.25, 0.3) is 12.0 Å². The number of thiazole rings is 1. The molecule has 0 radical (unpaired) electrons. The molecule has 1 fully saturated rings. The second-order valence-electron chi connectivity index (χ2n) is 7.01. The van der Waals surface area contributed by atoms with Crippen molar-refractivity contribution in [2.24, 2.45) is 0 Å². The van der Waals surface area contributed by atoms with Gasteiger partial charge in [0.15, 0.2) is 0 Å². The van der Waals surface area contributed by atoms with Crippen molar-refractivity contribution in [3.8, 4) is 0 Å². The number of rotatable bonds is 4. The molecule has 3 heterocycles. The number of para-hydroxylation sites is 1. The van der Waals surface area contributed by atoms with Crippen molar-refractivity contribution in [2.75, 3.05) is 19.6 Å². The summed E-state index contributed by atoms with van der Waals surface area (Å²) in [4.78, 5) is 42.2. The number of fused-ring (bicyclic) bond motifs is 1. The van der Waals surface area contributed by atoms with E-state index in [0.29, 0.717) is 24.7 Å². The highest BCUT2D eigenvalue weighted by atomic mass is 32.1. The Balaban J connectivity index is 0.000000755. The van der Waals surface area contributed by atoms with Crippen LogP contribution in [0, 0.1) is 6.92 Å². The molecule has 8 nitrogen and oxygen atoms in total. The first-order valence-electron chi connectivity index (χ1n) is 9.48. The minimum atomic E-state index is -0.324. The molecule has 0 spiro atoms. The van der Waals surface area contributed by atoms with Crippen LogP contribution in [0.2, 0.25) is 0 Å². The zero-order chi connectivity index (χ0) is 20.8. The Morgan fingerprint density at radius 3 is 2.79 bits per heavy atom. The van der Waals surface area contributed by atoms with Crippen molar-refractivity contribution in [3.63, 3.8) is 0 Å². The van der Waals surface area contributed by atoms with Crippen LogP contribution in [0.1, 0.15) is 29.5 Å². The lowest BCUT2D eigenvalue weighted by molar-refractivity contribution is -0.122. The van der Waals surface area contributed by atoms with Crippen LogP contribution in [0.25, 0.3) is 10.2 Å². The zero-order valence-electron chi connectivity index (χ0n) is 16.2. The molecule has 3 aromatic rings. The average Bonchev–Trinajstić information content (AvgIpc) is 3.12. The molecule has 1 atom stereocenters. The Morgan fingerprint density at radius 1 is 1.31 bits per heavy atom. The maximum Gasteiger partial charge on any atom is 0.328 e. The van der Waals surface area contributed by atoms with Crippen LogP contribution in [0.4, 0.5) is 0 Å². The summed E-state index contributed by atoms with van der Waals surface area (Å²) < 4.78 is 2.52. The molecule has 9 heteroatoms. The second kappa shape index (κ2) is 9.62. The van der Waals surface area contributed by atoms with Gasteiger partial charge in [-0.3, -0.25) is 14.2 Å². The number of H-pyrrole nitrogens is 1. The van der Waals surface area contributed by atoms with Crippen LogP contribution in [-0.4, -0.2) is 50.6 Å². The van der Waals surface area contributed by atoms with Crippen molar-refractivity contribution in [2.45, 2.75) is 32.2 Å². The van der Waals surface area contributed by atoms with Gasteiger partial charge >= 0.3 is 5.69 Å². The number of aromatic amines is 1. The fourth-order valence-electron chi connectivity index (χ4n) is 3.61. The predicted octanol–water partition coefficient (Wildman–Crippen LogP) is 2.04. The molecular weight excluding hydrogens is 392 g/mol. The van der Waals surface area contributed by atoms with E-state index < -0.39 is 0 Å². The van der Waals surface area contributed by atoms with Crippen LogP contribution in [0.15, 0.2) is 39.9 Å². The molecule has 1 saturated heterocycles. The lowest BCUT2D eigenvalue weighted by Gasteiger charge is -2.31. The van der Waals surface area contributed by atoms with E-state index >= 15 is 0 Å². The summed E-state index contributed by atoms with van der Waals surface area (Å²) in [7, 11) is 0. The number of nitrogens with zero attached hydrogens (tertiary/aromatic N) is 3. The van der Waals surface area contributed by atoms with Gasteiger partial charge in [-0.1, -0.05) is 12.1 Å². The number of aromatic nitrogens is 3. The summed E-state index contributed by atoms with van der Waals surface area (Å²) in [6.07, 6.45) is 2.25. The summed E-state index contributed by atoms with van der Waals surface area (Å²) in [5.74, 6) is 0.425. The van der Waals surface area contributed by atoms with Gasteiger partial charge in [-0.05, 0) is 38.4 Å². The minimum absolute atomic E-state index is 0.231. The van der Waals surface area contributed by atoms with Crippen LogP contribution in [0.3, 0.4) is 0 Å². The van der Waals surface area contributed by atoms with Crippen LogP contribution >= 0.6 is 11.3 Å². The maximum atomic E-state index is 12.0. The first kappa shape index (κ1) is 20.9. The van der Waals surface area contributed by atoms with Crippen molar-refractivity contribution < 1.29 is 9.90 Å². The molecule has 2 aromatic heterocycles. The van der Waals surface area contributed by atoms with Crippen molar-refractivity contribution in [3.05, 3.63) is 61.9 Å². The number of piperidine rings is 1. The Bertz CT molecular complexity index is 1020. The zero-order valence-corrected chi connectivity index (χ0v) is 17.0. The van der Waals surface area contributed by atoms with Gasteiger partial charge in [0, 0.05) is 37.3 Å². The first-order valence-corrected chi connectivity index (χ1v) is 10.3. The smallest absolute Gasteiger partial charge is 0.328 e. The molecule has 1 aliphatic rings. The van der Waals surface area contributed by atoms with Crippen molar-refractivity contribution in [1.82, 2.24) is 19.4 Å². The standard InChI is InChI=1S/C19H22N4O2S.CH2O2/c1-13-11-17(24)23(19(25)20-13)10-9-22-8-4-5-14(12-22)18-21-15-6-2-3-7-16(15)26-18;2-1-3/h2-3,6-7,11,14H,4-5,8-10,12H2,1H3,(H,20,25);1H,(H,2,3). The molecule has 0 bridgehead atoms. The van der Waals surface area contributed by atoms with Gasteiger partial charge in [-0.2, -0.15) is 0 Å². The number of nitrogens with one attached hydrogen (secondary N) is 1. The van der Waals surface area contributed by atoms with Crippen molar-refractivity contribution in [1.29, 1.82) is 0 Å². The molecular formula is C20H24N4O4S. The number of benzene rings is 1. The number of aryl methyl sites for hydroxylation is 1. The summed E-state index contributed by atoms with van der Waals surface area (Å²) in [6, 6.07) is 9.73. The monoisotopic (exact) mass is 416 g/mol. The third-order valence-corrected chi connectivity index (χ3v) is 6.16. The van der Waals surface area contributed by atoms with Crippen LogP contribution in [-0.2, 0) is 11.3 Å². The van der Waals surface area contributed by atoms with Gasteiger partial charge < -0.3 is 15.0 Å². The first-order chi connectivity index (χ1) is 14.0. The normalized spacial score (nSPS) is 16.9. The topological polar surface area (TPSA) is 108 Å². The number of hydrogen-bond donors (Lipinski definition) is 2. The molecule has 2 N–H and O–H groups in total. The Morgan fingerprint density at radius 2 is 2.07 bits per heavy atom. The third kappa shape index (κ3) is 5.18. The molecule has 0 saturated carbocycles. The molecule has 1 aromatic carbocycles. The van der Waals surface area contributed by atoms with Gasteiger partial charge in [0.1, 0.15) is 0 Å². The molecule has 29 heavy (non-hydrogen) atoms. The van der Waals surface area contributed by atoms with E-state index in [1.165, 1.54) is 20.3 Å².